The molecule has 0 aromatic heterocycles. The van der Waals surface area contributed by atoms with Crippen molar-refractivity contribution in [3.05, 3.63) is 24.3 Å². The van der Waals surface area contributed by atoms with Gasteiger partial charge in [-0.15, -0.1) is 0 Å². The summed E-state index contributed by atoms with van der Waals surface area (Å²) in [6, 6.07) is 0. The maximum atomic E-state index is 11.2. The lowest BCUT2D eigenvalue weighted by Crippen LogP contribution is -2.35. The first-order valence-electron chi connectivity index (χ1n) is 4.44. The van der Waals surface area contributed by atoms with Gasteiger partial charge in [-0.2, -0.15) is 12.6 Å². The first-order chi connectivity index (χ1) is 6.95. The van der Waals surface area contributed by atoms with E-state index in [-0.39, 0.29) is 23.9 Å². The van der Waals surface area contributed by atoms with Crippen LogP contribution < -0.4 is 5.14 Å². The fraction of sp³-hybridized carbons (Fsp3) is 0.444. The van der Waals surface area contributed by atoms with Crippen LogP contribution in [0.4, 0.5) is 0 Å². The van der Waals surface area contributed by atoms with Crippen LogP contribution in [0.1, 0.15) is 6.42 Å². The molecular formula is C9H13NO3S2. The van der Waals surface area contributed by atoms with E-state index >= 15 is 0 Å². The molecule has 0 heterocycles. The molecule has 0 aliphatic heterocycles. The summed E-state index contributed by atoms with van der Waals surface area (Å²) in [5.74, 6) is -0.340. The van der Waals surface area contributed by atoms with Gasteiger partial charge in [0.1, 0.15) is 11.0 Å². The molecule has 84 valence electrons. The molecule has 1 aliphatic carbocycles. The number of primary sulfonamides is 1. The molecule has 0 aromatic carbocycles. The lowest BCUT2D eigenvalue weighted by molar-refractivity contribution is -0.117. The molecule has 2 N–H and O–H groups in total. The Morgan fingerprint density at radius 2 is 1.93 bits per heavy atom. The van der Waals surface area contributed by atoms with Gasteiger partial charge in [-0.1, -0.05) is 24.3 Å². The van der Waals surface area contributed by atoms with Crippen LogP contribution in [0.3, 0.4) is 0 Å². The van der Waals surface area contributed by atoms with Crippen LogP contribution in [0, 0.1) is 5.92 Å². The molecule has 1 aliphatic rings. The molecular weight excluding hydrogens is 234 g/mol. The van der Waals surface area contributed by atoms with Crippen molar-refractivity contribution in [2.75, 3.05) is 5.75 Å². The number of thiol groups is 1. The van der Waals surface area contributed by atoms with E-state index in [0.29, 0.717) is 0 Å². The third-order valence-electron chi connectivity index (χ3n) is 2.21. The molecule has 2 unspecified atom stereocenters. The second-order valence-corrected chi connectivity index (χ2v) is 5.43. The lowest BCUT2D eigenvalue weighted by atomic mass is 9.95. The van der Waals surface area contributed by atoms with Gasteiger partial charge in [0.25, 0.3) is 0 Å². The maximum absolute atomic E-state index is 11.2. The summed E-state index contributed by atoms with van der Waals surface area (Å²) < 4.78 is 22.5. The minimum atomic E-state index is -3.64. The third kappa shape index (κ3) is 3.48. The molecule has 0 amide bonds. The summed E-state index contributed by atoms with van der Waals surface area (Å²) in [4.78, 5) is 11.2. The Bertz CT molecular complexity index is 398. The van der Waals surface area contributed by atoms with Crippen LogP contribution in [0.15, 0.2) is 24.3 Å². The summed E-state index contributed by atoms with van der Waals surface area (Å²) in [5.41, 5.74) is 0. The number of carbonyl (C=O) groups excluding carboxylic acids is 1. The van der Waals surface area contributed by atoms with Crippen molar-refractivity contribution in [3.8, 4) is 0 Å². The van der Waals surface area contributed by atoms with Crippen LogP contribution in [-0.4, -0.2) is 25.2 Å². The van der Waals surface area contributed by atoms with Crippen molar-refractivity contribution in [2.24, 2.45) is 11.1 Å². The van der Waals surface area contributed by atoms with E-state index in [2.05, 4.69) is 12.6 Å². The minimum Gasteiger partial charge on any atom is -0.299 e. The van der Waals surface area contributed by atoms with Gasteiger partial charge in [0.2, 0.25) is 10.0 Å². The molecule has 0 spiro atoms. The van der Waals surface area contributed by atoms with Crippen molar-refractivity contribution in [3.63, 3.8) is 0 Å². The standard InChI is InChI=1S/C9H13NO3S2/c10-15(12,13)9-4-2-1-3-7(9)5-8(11)6-14/h1-4,7,9,14H,5-6H2,(H2,10,12,13). The fourth-order valence-corrected chi connectivity index (χ4v) is 2.61. The van der Waals surface area contributed by atoms with E-state index < -0.39 is 15.3 Å². The Morgan fingerprint density at radius 3 is 2.47 bits per heavy atom. The van der Waals surface area contributed by atoms with Crippen LogP contribution in [0.2, 0.25) is 0 Å². The minimum absolute atomic E-state index is 0.0862. The predicted octanol–water partition coefficient (Wildman–Crippen LogP) is 0.275. The number of carbonyl (C=O) groups is 1. The van der Waals surface area contributed by atoms with Gasteiger partial charge in [-0.25, -0.2) is 13.6 Å². The number of Topliss-reactive ketones (excluding diaryl/α,β-unsaturated/α-hetero) is 1. The maximum Gasteiger partial charge on any atom is 0.216 e. The van der Waals surface area contributed by atoms with Crippen molar-refractivity contribution in [1.82, 2.24) is 0 Å². The summed E-state index contributed by atoms with van der Waals surface area (Å²) >= 11 is 3.84. The van der Waals surface area contributed by atoms with E-state index in [1.165, 1.54) is 6.08 Å². The van der Waals surface area contributed by atoms with Crippen molar-refractivity contribution in [1.29, 1.82) is 0 Å². The summed E-state index contributed by atoms with van der Waals surface area (Å²) in [6.45, 7) is 0. The van der Waals surface area contributed by atoms with Gasteiger partial charge >= 0.3 is 0 Å². The largest absolute Gasteiger partial charge is 0.299 e. The molecule has 0 bridgehead atoms. The zero-order valence-electron chi connectivity index (χ0n) is 8.04. The second kappa shape index (κ2) is 4.96. The highest BCUT2D eigenvalue weighted by molar-refractivity contribution is 7.90. The average Bonchev–Trinajstić information content (AvgIpc) is 2.17. The number of hydrogen-bond donors (Lipinski definition) is 2. The van der Waals surface area contributed by atoms with E-state index in [1.54, 1.807) is 18.2 Å². The van der Waals surface area contributed by atoms with E-state index in [4.69, 9.17) is 5.14 Å². The zero-order valence-corrected chi connectivity index (χ0v) is 9.75. The number of nitrogens with two attached hydrogens (primary N) is 1. The van der Waals surface area contributed by atoms with E-state index in [9.17, 15) is 13.2 Å². The molecule has 6 heteroatoms. The molecule has 0 saturated heterocycles. The van der Waals surface area contributed by atoms with Gasteiger partial charge in [0, 0.05) is 18.1 Å². The Hall–Kier alpha value is -0.590. The number of ketones is 1. The van der Waals surface area contributed by atoms with Crippen LogP contribution >= 0.6 is 12.6 Å². The number of allylic oxidation sites excluding steroid dienone is 3. The van der Waals surface area contributed by atoms with Gasteiger partial charge in [0.05, 0.1) is 0 Å². The molecule has 0 aromatic rings. The third-order valence-corrected chi connectivity index (χ3v) is 3.83. The van der Waals surface area contributed by atoms with Gasteiger partial charge in [-0.3, -0.25) is 4.79 Å². The van der Waals surface area contributed by atoms with Crippen LogP contribution in [0.25, 0.3) is 0 Å². The van der Waals surface area contributed by atoms with Crippen molar-refractivity contribution >= 4 is 28.4 Å². The van der Waals surface area contributed by atoms with Crippen molar-refractivity contribution in [2.45, 2.75) is 11.7 Å². The Balaban J connectivity index is 2.82. The molecule has 1 rings (SSSR count). The van der Waals surface area contributed by atoms with Crippen LogP contribution in [0.5, 0.6) is 0 Å². The summed E-state index contributed by atoms with van der Waals surface area (Å²) in [6.07, 6.45) is 6.70. The average molecular weight is 247 g/mol. The second-order valence-electron chi connectivity index (χ2n) is 3.39. The van der Waals surface area contributed by atoms with E-state index in [1.807, 2.05) is 0 Å². The number of hydrogen-bond acceptors (Lipinski definition) is 4. The fourth-order valence-electron chi connectivity index (χ4n) is 1.50. The SMILES string of the molecule is NS(=O)(=O)C1C=CC=CC1CC(=O)CS. The summed E-state index contributed by atoms with van der Waals surface area (Å²) in [7, 11) is -3.64. The Kier molecular flexibility index (Phi) is 4.12. The molecule has 2 atom stereocenters. The zero-order chi connectivity index (χ0) is 11.5. The smallest absolute Gasteiger partial charge is 0.216 e. The number of sulfonamides is 1. The Labute approximate surface area is 94.7 Å². The molecule has 0 saturated carbocycles. The quantitative estimate of drug-likeness (QED) is 0.700. The number of rotatable bonds is 4. The molecule has 15 heavy (non-hydrogen) atoms. The predicted molar refractivity (Wildman–Crippen MR) is 62.1 cm³/mol. The molecule has 0 radical (unpaired) electrons. The highest BCUT2D eigenvalue weighted by atomic mass is 32.2. The van der Waals surface area contributed by atoms with Gasteiger partial charge in [0.15, 0.2) is 0 Å². The van der Waals surface area contributed by atoms with E-state index in [0.717, 1.165) is 0 Å². The highest BCUT2D eigenvalue weighted by Gasteiger charge is 2.29. The monoisotopic (exact) mass is 247 g/mol. The molecule has 4 nitrogen and oxygen atoms in total. The Morgan fingerprint density at radius 1 is 1.33 bits per heavy atom. The lowest BCUT2D eigenvalue weighted by Gasteiger charge is -2.21. The normalized spacial score (nSPS) is 25.5. The first kappa shape index (κ1) is 12.5. The van der Waals surface area contributed by atoms with Gasteiger partial charge in [-0.05, 0) is 0 Å². The highest BCUT2D eigenvalue weighted by Crippen LogP contribution is 2.21. The topological polar surface area (TPSA) is 77.2 Å². The molecule has 0 fully saturated rings. The van der Waals surface area contributed by atoms with Crippen molar-refractivity contribution < 1.29 is 13.2 Å². The summed E-state index contributed by atoms with van der Waals surface area (Å²) in [5, 5.41) is 4.27. The van der Waals surface area contributed by atoms with Crippen LogP contribution in [-0.2, 0) is 14.8 Å². The first-order valence-corrected chi connectivity index (χ1v) is 6.68. The van der Waals surface area contributed by atoms with Gasteiger partial charge < -0.3 is 0 Å².